The Balaban J connectivity index is 2.32. The summed E-state index contributed by atoms with van der Waals surface area (Å²) in [5, 5.41) is 0. The second-order valence-corrected chi connectivity index (χ2v) is 4.79. The molecular formula is C16H24N2O3. The fourth-order valence-corrected chi connectivity index (χ4v) is 1.91. The van der Waals surface area contributed by atoms with Crippen LogP contribution in [0.5, 0.6) is 0 Å². The predicted octanol–water partition coefficient (Wildman–Crippen LogP) is 1.53. The molecule has 21 heavy (non-hydrogen) atoms. The first-order valence-electron chi connectivity index (χ1n) is 7.21. The Bertz CT molecular complexity index is 444. The van der Waals surface area contributed by atoms with Crippen molar-refractivity contribution in [2.45, 2.75) is 20.5 Å². The fourth-order valence-electron chi connectivity index (χ4n) is 1.91. The van der Waals surface area contributed by atoms with Gasteiger partial charge in [0.15, 0.2) is 0 Å². The topological polar surface area (TPSA) is 49.9 Å². The van der Waals surface area contributed by atoms with E-state index in [9.17, 15) is 9.59 Å². The third kappa shape index (κ3) is 5.95. The van der Waals surface area contributed by atoms with Crippen molar-refractivity contribution in [3.63, 3.8) is 0 Å². The third-order valence-electron chi connectivity index (χ3n) is 3.25. The standard InChI is InChI=1S/C16H24N2O3/c1-4-18(5-2)15(19)11-17(3)16(20)13-21-12-14-9-7-6-8-10-14/h6-10H,4-5,11-13H2,1-3H3. The maximum Gasteiger partial charge on any atom is 0.248 e. The zero-order valence-corrected chi connectivity index (χ0v) is 13.0. The summed E-state index contributed by atoms with van der Waals surface area (Å²) in [6.45, 7) is 5.62. The quantitative estimate of drug-likeness (QED) is 0.730. The van der Waals surface area contributed by atoms with Crippen LogP contribution >= 0.6 is 0 Å². The molecule has 5 nitrogen and oxygen atoms in total. The van der Waals surface area contributed by atoms with E-state index in [-0.39, 0.29) is 25.0 Å². The first-order valence-corrected chi connectivity index (χ1v) is 7.21. The highest BCUT2D eigenvalue weighted by Gasteiger charge is 2.16. The lowest BCUT2D eigenvalue weighted by atomic mass is 10.2. The fraction of sp³-hybridized carbons (Fsp3) is 0.500. The number of hydrogen-bond donors (Lipinski definition) is 0. The minimum atomic E-state index is -0.188. The SMILES string of the molecule is CCN(CC)C(=O)CN(C)C(=O)COCc1ccccc1. The van der Waals surface area contributed by atoms with Gasteiger partial charge < -0.3 is 14.5 Å². The van der Waals surface area contributed by atoms with Crippen LogP contribution in [-0.2, 0) is 20.9 Å². The van der Waals surface area contributed by atoms with E-state index in [2.05, 4.69) is 0 Å². The van der Waals surface area contributed by atoms with Crippen LogP contribution in [0.25, 0.3) is 0 Å². The van der Waals surface area contributed by atoms with Crippen molar-refractivity contribution in [1.82, 2.24) is 9.80 Å². The van der Waals surface area contributed by atoms with Gasteiger partial charge in [0.1, 0.15) is 6.61 Å². The van der Waals surface area contributed by atoms with Crippen molar-refractivity contribution in [2.24, 2.45) is 0 Å². The van der Waals surface area contributed by atoms with Gasteiger partial charge in [0.05, 0.1) is 13.2 Å². The zero-order chi connectivity index (χ0) is 15.7. The van der Waals surface area contributed by atoms with Gasteiger partial charge in [0.25, 0.3) is 0 Å². The summed E-state index contributed by atoms with van der Waals surface area (Å²) in [7, 11) is 1.62. The summed E-state index contributed by atoms with van der Waals surface area (Å²) >= 11 is 0. The average molecular weight is 292 g/mol. The van der Waals surface area contributed by atoms with Crippen LogP contribution in [-0.4, -0.2) is 54.9 Å². The number of hydrogen-bond acceptors (Lipinski definition) is 3. The second kappa shape index (κ2) is 9.13. The number of nitrogens with zero attached hydrogens (tertiary/aromatic N) is 2. The monoisotopic (exact) mass is 292 g/mol. The van der Waals surface area contributed by atoms with Crippen LogP contribution in [0, 0.1) is 0 Å². The molecule has 0 aliphatic rings. The van der Waals surface area contributed by atoms with Gasteiger partial charge in [-0.15, -0.1) is 0 Å². The molecule has 0 N–H and O–H groups in total. The lowest BCUT2D eigenvalue weighted by Gasteiger charge is -2.23. The molecule has 0 aliphatic heterocycles. The van der Waals surface area contributed by atoms with E-state index in [1.807, 2.05) is 44.2 Å². The Kier molecular flexibility index (Phi) is 7.46. The van der Waals surface area contributed by atoms with E-state index in [4.69, 9.17) is 4.74 Å². The number of rotatable bonds is 8. The lowest BCUT2D eigenvalue weighted by Crippen LogP contribution is -2.42. The summed E-state index contributed by atoms with van der Waals surface area (Å²) in [5.74, 6) is -0.231. The maximum atomic E-state index is 11.9. The molecule has 0 radical (unpaired) electrons. The highest BCUT2D eigenvalue weighted by Crippen LogP contribution is 2.01. The Morgan fingerprint density at radius 1 is 1.05 bits per heavy atom. The average Bonchev–Trinajstić information content (AvgIpc) is 2.49. The van der Waals surface area contributed by atoms with E-state index in [1.165, 1.54) is 4.90 Å². The van der Waals surface area contributed by atoms with Gasteiger partial charge in [-0.2, -0.15) is 0 Å². The predicted molar refractivity (Wildman–Crippen MR) is 81.7 cm³/mol. The van der Waals surface area contributed by atoms with Crippen molar-refractivity contribution in [3.8, 4) is 0 Å². The first kappa shape index (κ1) is 17.2. The largest absolute Gasteiger partial charge is 0.367 e. The molecule has 5 heteroatoms. The van der Waals surface area contributed by atoms with Gasteiger partial charge in [0.2, 0.25) is 11.8 Å². The van der Waals surface area contributed by atoms with E-state index < -0.39 is 0 Å². The number of likely N-dealkylation sites (N-methyl/N-ethyl adjacent to an activating group) is 2. The number of amides is 2. The Labute approximate surface area is 126 Å². The minimum Gasteiger partial charge on any atom is -0.367 e. The van der Waals surface area contributed by atoms with E-state index in [1.54, 1.807) is 11.9 Å². The van der Waals surface area contributed by atoms with Crippen molar-refractivity contribution >= 4 is 11.8 Å². The molecule has 0 spiro atoms. The van der Waals surface area contributed by atoms with E-state index in [0.717, 1.165) is 5.56 Å². The molecule has 0 aliphatic carbocycles. The highest BCUT2D eigenvalue weighted by atomic mass is 16.5. The van der Waals surface area contributed by atoms with Crippen molar-refractivity contribution < 1.29 is 14.3 Å². The molecule has 1 aromatic rings. The molecule has 0 bridgehead atoms. The van der Waals surface area contributed by atoms with Gasteiger partial charge in [-0.05, 0) is 19.4 Å². The van der Waals surface area contributed by atoms with Gasteiger partial charge >= 0.3 is 0 Å². The van der Waals surface area contributed by atoms with Crippen molar-refractivity contribution in [1.29, 1.82) is 0 Å². The van der Waals surface area contributed by atoms with Gasteiger partial charge in [-0.25, -0.2) is 0 Å². The van der Waals surface area contributed by atoms with Crippen LogP contribution in [0.1, 0.15) is 19.4 Å². The summed E-state index contributed by atoms with van der Waals surface area (Å²) in [4.78, 5) is 26.9. The Morgan fingerprint density at radius 3 is 2.24 bits per heavy atom. The van der Waals surface area contributed by atoms with Crippen molar-refractivity contribution in [2.75, 3.05) is 33.3 Å². The molecule has 116 valence electrons. The zero-order valence-electron chi connectivity index (χ0n) is 13.0. The maximum absolute atomic E-state index is 11.9. The number of ether oxygens (including phenoxy) is 1. The molecule has 0 unspecified atom stereocenters. The minimum absolute atomic E-state index is 0.0169. The third-order valence-corrected chi connectivity index (χ3v) is 3.25. The number of carbonyl (C=O) groups excluding carboxylic acids is 2. The van der Waals surface area contributed by atoms with E-state index in [0.29, 0.717) is 19.7 Å². The summed E-state index contributed by atoms with van der Waals surface area (Å²) in [6, 6.07) is 9.67. The lowest BCUT2D eigenvalue weighted by molar-refractivity contribution is -0.142. The highest BCUT2D eigenvalue weighted by molar-refractivity contribution is 5.85. The molecule has 0 fully saturated rings. The Hall–Kier alpha value is -1.88. The molecular weight excluding hydrogens is 268 g/mol. The Morgan fingerprint density at radius 2 is 1.67 bits per heavy atom. The van der Waals surface area contributed by atoms with Crippen LogP contribution < -0.4 is 0 Å². The molecule has 1 aromatic carbocycles. The van der Waals surface area contributed by atoms with Crippen LogP contribution in [0.15, 0.2) is 30.3 Å². The van der Waals surface area contributed by atoms with Crippen LogP contribution in [0.4, 0.5) is 0 Å². The summed E-state index contributed by atoms with van der Waals surface area (Å²) < 4.78 is 5.38. The van der Waals surface area contributed by atoms with Gasteiger partial charge in [-0.3, -0.25) is 9.59 Å². The van der Waals surface area contributed by atoms with E-state index >= 15 is 0 Å². The van der Waals surface area contributed by atoms with Crippen molar-refractivity contribution in [3.05, 3.63) is 35.9 Å². The molecule has 0 saturated heterocycles. The van der Waals surface area contributed by atoms with Crippen LogP contribution in [0.2, 0.25) is 0 Å². The van der Waals surface area contributed by atoms with Gasteiger partial charge in [0, 0.05) is 20.1 Å². The molecule has 2 amide bonds. The molecule has 0 heterocycles. The number of carbonyl (C=O) groups is 2. The van der Waals surface area contributed by atoms with Gasteiger partial charge in [-0.1, -0.05) is 30.3 Å². The molecule has 0 saturated carbocycles. The smallest absolute Gasteiger partial charge is 0.248 e. The summed E-state index contributed by atoms with van der Waals surface area (Å²) in [6.07, 6.45) is 0. The molecule has 0 aromatic heterocycles. The number of benzene rings is 1. The normalized spacial score (nSPS) is 10.2. The van der Waals surface area contributed by atoms with Crippen LogP contribution in [0.3, 0.4) is 0 Å². The summed E-state index contributed by atoms with van der Waals surface area (Å²) in [5.41, 5.74) is 1.02. The molecule has 1 rings (SSSR count). The second-order valence-electron chi connectivity index (χ2n) is 4.79. The first-order chi connectivity index (χ1) is 10.1. The molecule has 0 atom stereocenters.